The molecular weight excluding hydrogens is 284 g/mol. The molecule has 3 N–H and O–H groups in total. The van der Waals surface area contributed by atoms with E-state index in [1.54, 1.807) is 12.4 Å². The molecule has 23 heavy (non-hydrogen) atoms. The number of benzene rings is 2. The van der Waals surface area contributed by atoms with Gasteiger partial charge in [-0.25, -0.2) is 0 Å². The molecule has 4 nitrogen and oxygen atoms in total. The van der Waals surface area contributed by atoms with Crippen molar-refractivity contribution in [2.45, 2.75) is 0 Å². The molecule has 0 aliphatic carbocycles. The Labute approximate surface area is 134 Å². The number of nitrogens with zero attached hydrogens (tertiary/aromatic N) is 1. The monoisotopic (exact) mass is 300 g/mol. The van der Waals surface area contributed by atoms with Gasteiger partial charge in [-0.15, -0.1) is 0 Å². The Morgan fingerprint density at radius 1 is 0.652 bits per heavy atom. The molecule has 0 atom stereocenters. The zero-order valence-electron chi connectivity index (χ0n) is 12.5. The average Bonchev–Trinajstić information content (AvgIpc) is 3.05. The number of hydrogen-bond acceptors (Lipinski definition) is 3. The van der Waals surface area contributed by atoms with E-state index in [0.717, 1.165) is 28.3 Å². The van der Waals surface area contributed by atoms with Crippen LogP contribution < -0.4 is 10.6 Å². The van der Waals surface area contributed by atoms with Crippen molar-refractivity contribution in [3.8, 4) is 0 Å². The Kier molecular flexibility index (Phi) is 3.41. The van der Waals surface area contributed by atoms with Crippen LogP contribution in [0.5, 0.6) is 0 Å². The Balaban J connectivity index is 1.49. The zero-order valence-corrected chi connectivity index (χ0v) is 12.5. The maximum atomic E-state index is 4.01. The molecule has 2 aromatic carbocycles. The van der Waals surface area contributed by atoms with Crippen molar-refractivity contribution in [2.75, 3.05) is 10.6 Å². The summed E-state index contributed by atoms with van der Waals surface area (Å²) < 4.78 is 0. The van der Waals surface area contributed by atoms with Gasteiger partial charge in [0.25, 0.3) is 0 Å². The van der Waals surface area contributed by atoms with Crippen molar-refractivity contribution in [3.05, 3.63) is 79.3 Å². The molecule has 0 aliphatic heterocycles. The highest BCUT2D eigenvalue weighted by atomic mass is 14.9. The van der Waals surface area contributed by atoms with Crippen LogP contribution in [-0.4, -0.2) is 9.97 Å². The third-order valence-electron chi connectivity index (χ3n) is 3.70. The third-order valence-corrected chi connectivity index (χ3v) is 3.70. The number of pyridine rings is 1. The highest BCUT2D eigenvalue weighted by molar-refractivity contribution is 5.84. The van der Waals surface area contributed by atoms with Gasteiger partial charge in [0.15, 0.2) is 0 Å². The first-order valence-electron chi connectivity index (χ1n) is 7.48. The van der Waals surface area contributed by atoms with Crippen molar-refractivity contribution in [3.63, 3.8) is 0 Å². The van der Waals surface area contributed by atoms with E-state index in [1.807, 2.05) is 18.3 Å². The van der Waals surface area contributed by atoms with Gasteiger partial charge >= 0.3 is 0 Å². The molecule has 0 saturated heterocycles. The first-order chi connectivity index (χ1) is 11.4. The lowest BCUT2D eigenvalue weighted by molar-refractivity contribution is 1.32. The van der Waals surface area contributed by atoms with Crippen LogP contribution in [0.3, 0.4) is 0 Å². The number of hydrogen-bond donors (Lipinski definition) is 3. The second kappa shape index (κ2) is 5.85. The summed E-state index contributed by atoms with van der Waals surface area (Å²) in [6.45, 7) is 0. The van der Waals surface area contributed by atoms with Gasteiger partial charge in [-0.1, -0.05) is 0 Å². The van der Waals surface area contributed by atoms with Crippen molar-refractivity contribution >= 4 is 33.7 Å². The van der Waals surface area contributed by atoms with Crippen LogP contribution in [0.1, 0.15) is 0 Å². The molecule has 0 saturated carbocycles. The number of rotatable bonds is 4. The summed E-state index contributed by atoms with van der Waals surface area (Å²) >= 11 is 0. The van der Waals surface area contributed by atoms with Gasteiger partial charge in [0.05, 0.1) is 0 Å². The lowest BCUT2D eigenvalue weighted by Gasteiger charge is -2.09. The number of aromatic nitrogens is 2. The summed E-state index contributed by atoms with van der Waals surface area (Å²) in [5.74, 6) is 0. The van der Waals surface area contributed by atoms with E-state index in [2.05, 4.69) is 69.1 Å². The number of nitrogens with one attached hydrogen (secondary N) is 3. The molecule has 0 fully saturated rings. The highest BCUT2D eigenvalue weighted by Crippen LogP contribution is 2.23. The van der Waals surface area contributed by atoms with Crippen LogP contribution in [0.4, 0.5) is 22.7 Å². The Morgan fingerprint density at radius 2 is 1.26 bits per heavy atom. The fourth-order valence-corrected chi connectivity index (χ4v) is 2.54. The fraction of sp³-hybridized carbons (Fsp3) is 0. The molecule has 0 aliphatic rings. The summed E-state index contributed by atoms with van der Waals surface area (Å²) in [4.78, 5) is 7.21. The van der Waals surface area contributed by atoms with E-state index < -0.39 is 0 Å². The lowest BCUT2D eigenvalue weighted by atomic mass is 10.2. The number of aromatic amines is 1. The van der Waals surface area contributed by atoms with E-state index >= 15 is 0 Å². The van der Waals surface area contributed by atoms with E-state index in [-0.39, 0.29) is 0 Å². The van der Waals surface area contributed by atoms with Gasteiger partial charge in [0.1, 0.15) is 0 Å². The van der Waals surface area contributed by atoms with Crippen LogP contribution in [0.25, 0.3) is 10.9 Å². The molecule has 0 radical (unpaired) electrons. The van der Waals surface area contributed by atoms with E-state index in [4.69, 9.17) is 0 Å². The molecule has 2 aromatic heterocycles. The van der Waals surface area contributed by atoms with Crippen molar-refractivity contribution in [2.24, 2.45) is 0 Å². The molecule has 0 unspecified atom stereocenters. The minimum absolute atomic E-state index is 1.03. The molecule has 2 heterocycles. The van der Waals surface area contributed by atoms with Crippen LogP contribution in [0.2, 0.25) is 0 Å². The maximum Gasteiger partial charge on any atom is 0.0455 e. The van der Waals surface area contributed by atoms with Crippen LogP contribution in [0, 0.1) is 0 Å². The minimum atomic E-state index is 1.03. The molecule has 0 bridgehead atoms. The smallest absolute Gasteiger partial charge is 0.0455 e. The predicted octanol–water partition coefficient (Wildman–Crippen LogP) is 5.05. The lowest BCUT2D eigenvalue weighted by Crippen LogP contribution is -1.92. The Hall–Kier alpha value is -3.27. The van der Waals surface area contributed by atoms with Crippen LogP contribution in [0.15, 0.2) is 79.3 Å². The normalized spacial score (nSPS) is 10.6. The number of fused-ring (bicyclic) bond motifs is 1. The molecule has 112 valence electrons. The summed E-state index contributed by atoms with van der Waals surface area (Å²) in [6, 6.07) is 20.5. The average molecular weight is 300 g/mol. The SMILES string of the molecule is c1cc(Nc2ccc(Nc3ccc4[nH]ccc4c3)cc2)ccn1. The summed E-state index contributed by atoms with van der Waals surface area (Å²) in [5.41, 5.74) is 5.35. The summed E-state index contributed by atoms with van der Waals surface area (Å²) in [7, 11) is 0. The quantitative estimate of drug-likeness (QED) is 0.494. The van der Waals surface area contributed by atoms with Crippen molar-refractivity contribution < 1.29 is 0 Å². The first-order valence-corrected chi connectivity index (χ1v) is 7.48. The standard InChI is InChI=1S/C19H16N4/c1-3-16(4-2-15(1)22-17-8-10-20-11-9-17)23-18-5-6-19-14(13-18)7-12-21-19/h1-13,21,23H,(H,20,22). The first kappa shape index (κ1) is 13.4. The van der Waals surface area contributed by atoms with Crippen LogP contribution >= 0.6 is 0 Å². The van der Waals surface area contributed by atoms with Gasteiger partial charge in [0.2, 0.25) is 0 Å². The second-order valence-corrected chi connectivity index (χ2v) is 5.34. The molecule has 4 rings (SSSR count). The van der Waals surface area contributed by atoms with E-state index in [9.17, 15) is 0 Å². The van der Waals surface area contributed by atoms with Gasteiger partial charge in [0, 0.05) is 52.2 Å². The Bertz CT molecular complexity index is 911. The van der Waals surface area contributed by atoms with Crippen molar-refractivity contribution in [1.82, 2.24) is 9.97 Å². The minimum Gasteiger partial charge on any atom is -0.361 e. The maximum absolute atomic E-state index is 4.01. The van der Waals surface area contributed by atoms with Crippen molar-refractivity contribution in [1.29, 1.82) is 0 Å². The topological polar surface area (TPSA) is 52.7 Å². The number of H-pyrrole nitrogens is 1. The van der Waals surface area contributed by atoms with E-state index in [1.165, 1.54) is 5.39 Å². The second-order valence-electron chi connectivity index (χ2n) is 5.34. The highest BCUT2D eigenvalue weighted by Gasteiger charge is 1.99. The summed E-state index contributed by atoms with van der Waals surface area (Å²) in [6.07, 6.45) is 5.50. The molecule has 4 heteroatoms. The third kappa shape index (κ3) is 3.01. The van der Waals surface area contributed by atoms with Gasteiger partial charge < -0.3 is 15.6 Å². The van der Waals surface area contributed by atoms with Gasteiger partial charge in [-0.2, -0.15) is 0 Å². The molecule has 0 amide bonds. The molecular formula is C19H16N4. The Morgan fingerprint density at radius 3 is 2.00 bits per heavy atom. The van der Waals surface area contributed by atoms with E-state index in [0.29, 0.717) is 0 Å². The largest absolute Gasteiger partial charge is 0.361 e. The molecule has 4 aromatic rings. The zero-order chi connectivity index (χ0) is 15.5. The van der Waals surface area contributed by atoms with Crippen LogP contribution in [-0.2, 0) is 0 Å². The number of anilines is 4. The molecule has 0 spiro atoms. The summed E-state index contributed by atoms with van der Waals surface area (Å²) in [5, 5.41) is 7.97. The van der Waals surface area contributed by atoms with Gasteiger partial charge in [-0.3, -0.25) is 4.98 Å². The predicted molar refractivity (Wildman–Crippen MR) is 95.5 cm³/mol. The van der Waals surface area contributed by atoms with Gasteiger partial charge in [-0.05, 0) is 60.7 Å². The fourth-order valence-electron chi connectivity index (χ4n) is 2.54.